The molecule has 0 aromatic carbocycles. The third-order valence-corrected chi connectivity index (χ3v) is 5.54. The maximum atomic E-state index is 3.88. The highest BCUT2D eigenvalue weighted by Gasteiger charge is 2.45. The fourth-order valence-corrected chi connectivity index (χ4v) is 4.03. The van der Waals surface area contributed by atoms with Crippen molar-refractivity contribution in [2.24, 2.45) is 11.3 Å². The number of rotatable bonds is 4. The highest BCUT2D eigenvalue weighted by atomic mass is 15.3. The van der Waals surface area contributed by atoms with Gasteiger partial charge in [0.15, 0.2) is 0 Å². The molecule has 1 aliphatic heterocycles. The third kappa shape index (κ3) is 3.76. The van der Waals surface area contributed by atoms with Gasteiger partial charge in [-0.25, -0.2) is 0 Å². The Kier molecular flexibility index (Phi) is 5.18. The third-order valence-electron chi connectivity index (χ3n) is 5.54. The summed E-state index contributed by atoms with van der Waals surface area (Å²) in [4.78, 5) is 2.87. The van der Waals surface area contributed by atoms with Gasteiger partial charge in [-0.3, -0.25) is 4.90 Å². The summed E-state index contributed by atoms with van der Waals surface area (Å²) in [6, 6.07) is 0.646. The molecule has 1 saturated heterocycles. The largest absolute Gasteiger partial charge is 0.310 e. The van der Waals surface area contributed by atoms with Crippen LogP contribution in [0.25, 0.3) is 0 Å². The van der Waals surface area contributed by atoms with Crippen molar-refractivity contribution in [1.29, 1.82) is 0 Å². The molecule has 1 aliphatic carbocycles. The molecular weight excluding hydrogens is 244 g/mol. The second kappa shape index (κ2) is 6.36. The van der Waals surface area contributed by atoms with E-state index in [0.29, 0.717) is 17.0 Å². The number of nitrogens with zero attached hydrogens (tertiary/aromatic N) is 1. The molecule has 2 fully saturated rings. The molecule has 2 rings (SSSR count). The second-order valence-electron chi connectivity index (χ2n) is 8.71. The zero-order chi connectivity index (χ0) is 14.8. The molecule has 1 atom stereocenters. The van der Waals surface area contributed by atoms with Crippen LogP contribution in [0.3, 0.4) is 0 Å². The van der Waals surface area contributed by atoms with Crippen LogP contribution in [0.5, 0.6) is 0 Å². The molecule has 1 saturated carbocycles. The Morgan fingerprint density at radius 2 is 1.85 bits per heavy atom. The molecule has 0 amide bonds. The molecule has 1 N–H and O–H groups in total. The molecule has 1 spiro atoms. The van der Waals surface area contributed by atoms with Crippen LogP contribution in [0.1, 0.15) is 73.1 Å². The fraction of sp³-hybridized carbons (Fsp3) is 1.00. The van der Waals surface area contributed by atoms with Crippen LogP contribution in [0, 0.1) is 11.3 Å². The Labute approximate surface area is 126 Å². The number of piperazine rings is 1. The molecule has 0 bridgehead atoms. The van der Waals surface area contributed by atoms with E-state index in [9.17, 15) is 0 Å². The van der Waals surface area contributed by atoms with Crippen molar-refractivity contribution in [2.75, 3.05) is 19.6 Å². The smallest absolute Gasteiger partial charge is 0.0334 e. The molecule has 1 unspecified atom stereocenters. The van der Waals surface area contributed by atoms with Gasteiger partial charge >= 0.3 is 0 Å². The Balaban J connectivity index is 1.99. The van der Waals surface area contributed by atoms with Crippen LogP contribution in [0.2, 0.25) is 0 Å². The summed E-state index contributed by atoms with van der Waals surface area (Å²) >= 11 is 0. The minimum Gasteiger partial charge on any atom is -0.310 e. The Morgan fingerprint density at radius 3 is 2.40 bits per heavy atom. The standard InChI is InChI=1S/C18H36N2/c1-15(2)9-8-12-20-13-16(17(3,4)5)19-14-18(20)10-6-7-11-18/h15-16,19H,6-14H2,1-5H3. The van der Waals surface area contributed by atoms with Gasteiger partial charge in [-0.15, -0.1) is 0 Å². The van der Waals surface area contributed by atoms with Crippen molar-refractivity contribution in [1.82, 2.24) is 10.2 Å². The lowest BCUT2D eigenvalue weighted by Gasteiger charge is -2.51. The van der Waals surface area contributed by atoms with E-state index in [2.05, 4.69) is 44.8 Å². The lowest BCUT2D eigenvalue weighted by Crippen LogP contribution is -2.66. The quantitative estimate of drug-likeness (QED) is 0.835. The Morgan fingerprint density at radius 1 is 1.20 bits per heavy atom. The van der Waals surface area contributed by atoms with Crippen molar-refractivity contribution < 1.29 is 0 Å². The summed E-state index contributed by atoms with van der Waals surface area (Å²) < 4.78 is 0. The Bertz CT molecular complexity index is 297. The summed E-state index contributed by atoms with van der Waals surface area (Å²) in [7, 11) is 0. The monoisotopic (exact) mass is 280 g/mol. The minimum absolute atomic E-state index is 0.372. The first kappa shape index (κ1) is 16.3. The predicted octanol–water partition coefficient (Wildman–Crippen LogP) is 4.06. The summed E-state index contributed by atoms with van der Waals surface area (Å²) in [5.74, 6) is 0.843. The van der Waals surface area contributed by atoms with E-state index >= 15 is 0 Å². The zero-order valence-corrected chi connectivity index (χ0v) is 14.5. The second-order valence-corrected chi connectivity index (χ2v) is 8.71. The molecule has 1 heterocycles. The van der Waals surface area contributed by atoms with Crippen LogP contribution in [0.15, 0.2) is 0 Å². The molecular formula is C18H36N2. The highest BCUT2D eigenvalue weighted by molar-refractivity contribution is 5.03. The normalized spacial score (nSPS) is 27.6. The molecule has 2 heteroatoms. The van der Waals surface area contributed by atoms with Gasteiger partial charge < -0.3 is 5.32 Å². The van der Waals surface area contributed by atoms with Gasteiger partial charge in [-0.2, -0.15) is 0 Å². The van der Waals surface area contributed by atoms with Crippen molar-refractivity contribution in [2.45, 2.75) is 84.7 Å². The lowest BCUT2D eigenvalue weighted by molar-refractivity contribution is 0.0155. The molecule has 0 radical (unpaired) electrons. The van der Waals surface area contributed by atoms with Crippen molar-refractivity contribution in [3.63, 3.8) is 0 Å². The average molecular weight is 281 g/mol. The van der Waals surface area contributed by atoms with Crippen LogP contribution in [-0.2, 0) is 0 Å². The van der Waals surface area contributed by atoms with Crippen LogP contribution >= 0.6 is 0 Å². The highest BCUT2D eigenvalue weighted by Crippen LogP contribution is 2.39. The molecule has 0 aromatic heterocycles. The van der Waals surface area contributed by atoms with Crippen molar-refractivity contribution in [3.8, 4) is 0 Å². The fourth-order valence-electron chi connectivity index (χ4n) is 4.03. The van der Waals surface area contributed by atoms with E-state index in [0.717, 1.165) is 5.92 Å². The van der Waals surface area contributed by atoms with Gasteiger partial charge in [0.2, 0.25) is 0 Å². The summed E-state index contributed by atoms with van der Waals surface area (Å²) in [5, 5.41) is 3.88. The SMILES string of the molecule is CC(C)CCCN1CC(C(C)(C)C)NCC12CCCC2. The van der Waals surface area contributed by atoms with E-state index in [-0.39, 0.29) is 0 Å². The van der Waals surface area contributed by atoms with Crippen molar-refractivity contribution in [3.05, 3.63) is 0 Å². The summed E-state index contributed by atoms with van der Waals surface area (Å²) in [6.07, 6.45) is 8.44. The summed E-state index contributed by atoms with van der Waals surface area (Å²) in [6.45, 7) is 15.6. The number of hydrogen-bond donors (Lipinski definition) is 1. The maximum absolute atomic E-state index is 3.88. The number of nitrogens with one attached hydrogen (secondary N) is 1. The predicted molar refractivity (Wildman–Crippen MR) is 88.1 cm³/mol. The van der Waals surface area contributed by atoms with E-state index in [1.807, 2.05) is 0 Å². The van der Waals surface area contributed by atoms with Gasteiger partial charge in [0.25, 0.3) is 0 Å². The van der Waals surface area contributed by atoms with Crippen LogP contribution in [0.4, 0.5) is 0 Å². The van der Waals surface area contributed by atoms with E-state index < -0.39 is 0 Å². The lowest BCUT2D eigenvalue weighted by atomic mass is 9.81. The van der Waals surface area contributed by atoms with Crippen LogP contribution < -0.4 is 5.32 Å². The zero-order valence-electron chi connectivity index (χ0n) is 14.5. The summed E-state index contributed by atoms with van der Waals surface area (Å²) in [5.41, 5.74) is 0.870. The van der Waals surface area contributed by atoms with E-state index in [4.69, 9.17) is 0 Å². The molecule has 2 aliphatic rings. The number of hydrogen-bond acceptors (Lipinski definition) is 2. The van der Waals surface area contributed by atoms with Gasteiger partial charge in [0.05, 0.1) is 0 Å². The Hall–Kier alpha value is -0.0800. The topological polar surface area (TPSA) is 15.3 Å². The molecule has 118 valence electrons. The van der Waals surface area contributed by atoms with Gasteiger partial charge in [0.1, 0.15) is 0 Å². The molecule has 20 heavy (non-hydrogen) atoms. The van der Waals surface area contributed by atoms with E-state index in [1.165, 1.54) is 58.2 Å². The molecule has 0 aromatic rings. The van der Waals surface area contributed by atoms with Crippen molar-refractivity contribution >= 4 is 0 Å². The van der Waals surface area contributed by atoms with Crippen LogP contribution in [-0.4, -0.2) is 36.1 Å². The maximum Gasteiger partial charge on any atom is 0.0334 e. The van der Waals surface area contributed by atoms with Gasteiger partial charge in [0, 0.05) is 24.7 Å². The van der Waals surface area contributed by atoms with E-state index in [1.54, 1.807) is 0 Å². The average Bonchev–Trinajstić information content (AvgIpc) is 2.79. The molecule has 2 nitrogen and oxygen atoms in total. The first-order chi connectivity index (χ1) is 9.33. The van der Waals surface area contributed by atoms with Gasteiger partial charge in [-0.1, -0.05) is 47.5 Å². The first-order valence-electron chi connectivity index (χ1n) is 8.82. The van der Waals surface area contributed by atoms with Gasteiger partial charge in [-0.05, 0) is 43.6 Å². The minimum atomic E-state index is 0.372. The first-order valence-corrected chi connectivity index (χ1v) is 8.82.